The SMILES string of the molecule is CC[C@H](C)[C@@H]([NH3+])C(=O)Oc1ccc2c(=O)c(Oc3ccc(Cl)cc3Cl)coc2c1. The van der Waals surface area contributed by atoms with Crippen molar-refractivity contribution in [3.63, 3.8) is 0 Å². The lowest BCUT2D eigenvalue weighted by Gasteiger charge is -2.14. The number of benzene rings is 2. The molecule has 3 N–H and O–H groups in total. The molecule has 152 valence electrons. The lowest BCUT2D eigenvalue weighted by atomic mass is 10.0. The Labute approximate surface area is 177 Å². The van der Waals surface area contributed by atoms with Gasteiger partial charge in [0.2, 0.25) is 11.2 Å². The van der Waals surface area contributed by atoms with Crippen LogP contribution in [0.1, 0.15) is 20.3 Å². The van der Waals surface area contributed by atoms with Crippen LogP contribution in [0.2, 0.25) is 10.0 Å². The minimum atomic E-state index is -0.484. The number of esters is 1. The Balaban J connectivity index is 1.85. The smallest absolute Gasteiger partial charge is 0.370 e. The van der Waals surface area contributed by atoms with Crippen LogP contribution in [0.5, 0.6) is 17.2 Å². The summed E-state index contributed by atoms with van der Waals surface area (Å²) in [6.45, 7) is 3.92. The number of rotatable bonds is 6. The first-order valence-corrected chi connectivity index (χ1v) is 9.79. The standard InChI is InChI=1S/C21H19Cl2NO5/c1-3-11(2)19(24)21(26)28-13-5-6-14-17(9-13)27-10-18(20(14)25)29-16-7-4-12(22)8-15(16)23/h4-11,19H,3,24H2,1-2H3/p+1/t11-,19+/m0/s1. The lowest BCUT2D eigenvalue weighted by Crippen LogP contribution is -2.68. The van der Waals surface area contributed by atoms with Crippen LogP contribution >= 0.6 is 23.2 Å². The van der Waals surface area contributed by atoms with Crippen LogP contribution < -0.4 is 20.6 Å². The molecule has 0 saturated carbocycles. The second-order valence-corrected chi connectivity index (χ2v) is 7.52. The molecule has 0 aliphatic carbocycles. The fourth-order valence-corrected chi connectivity index (χ4v) is 3.06. The molecule has 0 unspecified atom stereocenters. The van der Waals surface area contributed by atoms with Gasteiger partial charge in [0.1, 0.15) is 23.3 Å². The molecule has 3 rings (SSSR count). The third kappa shape index (κ3) is 4.72. The Kier molecular flexibility index (Phi) is 6.47. The van der Waals surface area contributed by atoms with Crippen molar-refractivity contribution in [2.45, 2.75) is 26.3 Å². The molecule has 1 heterocycles. The first-order valence-electron chi connectivity index (χ1n) is 9.03. The van der Waals surface area contributed by atoms with Gasteiger partial charge in [0.25, 0.3) is 0 Å². The van der Waals surface area contributed by atoms with Crippen LogP contribution in [0.3, 0.4) is 0 Å². The largest absolute Gasteiger partial charge is 0.460 e. The summed E-state index contributed by atoms with van der Waals surface area (Å²) in [5.74, 6) is 0.191. The molecule has 29 heavy (non-hydrogen) atoms. The van der Waals surface area contributed by atoms with E-state index in [4.69, 9.17) is 37.1 Å². The van der Waals surface area contributed by atoms with Crippen LogP contribution in [0, 0.1) is 5.92 Å². The van der Waals surface area contributed by atoms with Gasteiger partial charge in [0, 0.05) is 17.0 Å². The van der Waals surface area contributed by atoms with E-state index < -0.39 is 12.0 Å². The molecular weight excluding hydrogens is 417 g/mol. The summed E-state index contributed by atoms with van der Waals surface area (Å²) in [5, 5.41) is 0.997. The summed E-state index contributed by atoms with van der Waals surface area (Å²) in [6, 6.07) is 8.71. The summed E-state index contributed by atoms with van der Waals surface area (Å²) < 4.78 is 16.5. The first-order chi connectivity index (χ1) is 13.8. The topological polar surface area (TPSA) is 93.4 Å². The summed E-state index contributed by atoms with van der Waals surface area (Å²) in [6.07, 6.45) is 2.00. The Bertz CT molecular complexity index is 1110. The maximum atomic E-state index is 12.7. The summed E-state index contributed by atoms with van der Waals surface area (Å²) >= 11 is 11.9. The molecule has 0 spiro atoms. The minimum Gasteiger partial charge on any atom is -0.460 e. The molecule has 1 aromatic heterocycles. The number of carbonyl (C=O) groups is 1. The maximum absolute atomic E-state index is 12.7. The predicted octanol–water partition coefficient (Wildman–Crippen LogP) is 4.45. The summed E-state index contributed by atoms with van der Waals surface area (Å²) in [5.41, 5.74) is 3.74. The van der Waals surface area contributed by atoms with Crippen molar-refractivity contribution < 1.29 is 24.4 Å². The summed E-state index contributed by atoms with van der Waals surface area (Å²) in [7, 11) is 0. The molecule has 0 bridgehead atoms. The van der Waals surface area contributed by atoms with Gasteiger partial charge in [-0.15, -0.1) is 0 Å². The normalized spacial score (nSPS) is 13.1. The molecule has 8 heteroatoms. The molecule has 0 aliphatic rings. The van der Waals surface area contributed by atoms with Crippen molar-refractivity contribution in [2.75, 3.05) is 0 Å². The second-order valence-electron chi connectivity index (χ2n) is 6.68. The number of quaternary nitrogens is 1. The van der Waals surface area contributed by atoms with E-state index in [9.17, 15) is 9.59 Å². The second kappa shape index (κ2) is 8.86. The van der Waals surface area contributed by atoms with Gasteiger partial charge in [0.05, 0.1) is 10.4 Å². The Morgan fingerprint density at radius 1 is 1.17 bits per heavy atom. The molecule has 2 aromatic carbocycles. The highest BCUT2D eigenvalue weighted by Gasteiger charge is 2.25. The van der Waals surface area contributed by atoms with Gasteiger partial charge in [-0.2, -0.15) is 0 Å². The maximum Gasteiger partial charge on any atom is 0.370 e. The van der Waals surface area contributed by atoms with Crippen molar-refractivity contribution in [3.05, 3.63) is 62.9 Å². The molecule has 0 radical (unpaired) electrons. The van der Waals surface area contributed by atoms with Gasteiger partial charge in [-0.05, 0) is 36.8 Å². The first kappa shape index (κ1) is 21.2. The molecule has 3 aromatic rings. The van der Waals surface area contributed by atoms with E-state index in [0.717, 1.165) is 6.42 Å². The monoisotopic (exact) mass is 436 g/mol. The van der Waals surface area contributed by atoms with E-state index in [0.29, 0.717) is 5.02 Å². The van der Waals surface area contributed by atoms with Crippen LogP contribution in [0.25, 0.3) is 11.0 Å². The van der Waals surface area contributed by atoms with Gasteiger partial charge in [0.15, 0.2) is 6.04 Å². The van der Waals surface area contributed by atoms with Crippen molar-refractivity contribution in [3.8, 4) is 17.2 Å². The molecule has 0 saturated heterocycles. The zero-order valence-corrected chi connectivity index (χ0v) is 17.4. The van der Waals surface area contributed by atoms with Crippen molar-refractivity contribution in [1.82, 2.24) is 0 Å². The van der Waals surface area contributed by atoms with E-state index in [-0.39, 0.29) is 44.6 Å². The van der Waals surface area contributed by atoms with Gasteiger partial charge < -0.3 is 19.6 Å². The van der Waals surface area contributed by atoms with E-state index in [1.165, 1.54) is 30.5 Å². The fraction of sp³-hybridized carbons (Fsp3) is 0.238. The number of carbonyl (C=O) groups excluding carboxylic acids is 1. The predicted molar refractivity (Wildman–Crippen MR) is 111 cm³/mol. The third-order valence-corrected chi connectivity index (χ3v) is 5.21. The van der Waals surface area contributed by atoms with Gasteiger partial charge in [-0.3, -0.25) is 4.79 Å². The van der Waals surface area contributed by atoms with Crippen LogP contribution in [-0.2, 0) is 4.79 Å². The van der Waals surface area contributed by atoms with Crippen LogP contribution in [0.15, 0.2) is 51.9 Å². The minimum absolute atomic E-state index is 0.0268. The zero-order chi connectivity index (χ0) is 21.1. The summed E-state index contributed by atoms with van der Waals surface area (Å²) in [4.78, 5) is 24.9. The van der Waals surface area contributed by atoms with E-state index in [2.05, 4.69) is 5.73 Å². The van der Waals surface area contributed by atoms with Crippen molar-refractivity contribution >= 4 is 40.1 Å². The molecule has 0 amide bonds. The molecule has 0 aliphatic heterocycles. The Morgan fingerprint density at radius 3 is 2.62 bits per heavy atom. The zero-order valence-electron chi connectivity index (χ0n) is 15.9. The van der Waals surface area contributed by atoms with E-state index in [1.54, 1.807) is 12.1 Å². The van der Waals surface area contributed by atoms with Gasteiger partial charge in [-0.1, -0.05) is 37.0 Å². The van der Waals surface area contributed by atoms with Crippen molar-refractivity contribution in [2.24, 2.45) is 5.92 Å². The molecule has 0 fully saturated rings. The lowest BCUT2D eigenvalue weighted by molar-refractivity contribution is -0.418. The number of ether oxygens (including phenoxy) is 2. The third-order valence-electron chi connectivity index (χ3n) is 4.68. The highest BCUT2D eigenvalue weighted by atomic mass is 35.5. The number of hydrogen-bond donors (Lipinski definition) is 1. The highest BCUT2D eigenvalue weighted by molar-refractivity contribution is 6.35. The van der Waals surface area contributed by atoms with Crippen LogP contribution in [-0.4, -0.2) is 12.0 Å². The van der Waals surface area contributed by atoms with E-state index >= 15 is 0 Å². The van der Waals surface area contributed by atoms with Crippen molar-refractivity contribution in [1.29, 1.82) is 0 Å². The highest BCUT2D eigenvalue weighted by Crippen LogP contribution is 2.31. The van der Waals surface area contributed by atoms with Gasteiger partial charge in [-0.25, -0.2) is 4.79 Å². The number of fused-ring (bicyclic) bond motifs is 1. The fourth-order valence-electron chi connectivity index (χ4n) is 2.61. The van der Waals surface area contributed by atoms with Crippen LogP contribution in [0.4, 0.5) is 0 Å². The average Bonchev–Trinajstić information content (AvgIpc) is 2.70. The number of hydrogen-bond acceptors (Lipinski definition) is 5. The molecular formula is C21H20Cl2NO5+. The Hall–Kier alpha value is -2.54. The average molecular weight is 437 g/mol. The van der Waals surface area contributed by atoms with Gasteiger partial charge >= 0.3 is 5.97 Å². The van der Waals surface area contributed by atoms with E-state index in [1.807, 2.05) is 13.8 Å². The number of halogens is 2. The quantitative estimate of drug-likeness (QED) is 0.454. The molecule has 6 nitrogen and oxygen atoms in total. The Morgan fingerprint density at radius 2 is 1.93 bits per heavy atom. The molecule has 2 atom stereocenters.